The van der Waals surface area contributed by atoms with E-state index in [0.29, 0.717) is 0 Å². The molecule has 0 aliphatic heterocycles. The summed E-state index contributed by atoms with van der Waals surface area (Å²) >= 11 is 0. The molecule has 0 radical (unpaired) electrons. The number of ether oxygens (including phenoxy) is 1. The Hall–Kier alpha value is -2.88. The fourth-order valence-corrected chi connectivity index (χ4v) is 1.99. The average Bonchev–Trinajstić information content (AvgIpc) is 2.78. The first-order valence-electron chi connectivity index (χ1n) is 5.86. The second-order valence-electron chi connectivity index (χ2n) is 4.31. The van der Waals surface area contributed by atoms with Crippen molar-refractivity contribution >= 4 is 11.7 Å². The number of methoxy groups -OCH3 is 1. The van der Waals surface area contributed by atoms with E-state index < -0.39 is 17.6 Å². The predicted molar refractivity (Wildman–Crippen MR) is 70.9 cm³/mol. The number of nitrogens with two attached hydrogens (primary N) is 1. The molecule has 7 heteroatoms. The SMILES string of the molecule is COC(=O)c1c(N)c(C#N)cn1-c1cc(F)cc(F)c1C. The van der Waals surface area contributed by atoms with E-state index in [4.69, 9.17) is 11.0 Å². The number of esters is 1. The van der Waals surface area contributed by atoms with Crippen molar-refractivity contribution in [3.8, 4) is 11.8 Å². The summed E-state index contributed by atoms with van der Waals surface area (Å²) in [6, 6.07) is 3.59. The third kappa shape index (κ3) is 2.31. The van der Waals surface area contributed by atoms with Gasteiger partial charge in [-0.25, -0.2) is 13.6 Å². The van der Waals surface area contributed by atoms with Crippen molar-refractivity contribution in [2.75, 3.05) is 12.8 Å². The van der Waals surface area contributed by atoms with E-state index in [1.54, 1.807) is 0 Å². The Morgan fingerprint density at radius 2 is 2.10 bits per heavy atom. The van der Waals surface area contributed by atoms with Gasteiger partial charge in [0.15, 0.2) is 5.69 Å². The molecule has 0 bridgehead atoms. The van der Waals surface area contributed by atoms with Gasteiger partial charge in [0.1, 0.15) is 17.7 Å². The zero-order valence-corrected chi connectivity index (χ0v) is 11.3. The second kappa shape index (κ2) is 5.25. The fourth-order valence-electron chi connectivity index (χ4n) is 1.99. The van der Waals surface area contributed by atoms with Gasteiger partial charge in [-0.15, -0.1) is 0 Å². The summed E-state index contributed by atoms with van der Waals surface area (Å²) in [5.41, 5.74) is 5.66. The van der Waals surface area contributed by atoms with Crippen molar-refractivity contribution < 1.29 is 18.3 Å². The van der Waals surface area contributed by atoms with Crippen molar-refractivity contribution in [2.45, 2.75) is 6.92 Å². The summed E-state index contributed by atoms with van der Waals surface area (Å²) in [5, 5.41) is 8.99. The van der Waals surface area contributed by atoms with Crippen molar-refractivity contribution in [2.24, 2.45) is 0 Å². The number of hydrogen-bond donors (Lipinski definition) is 1. The first kappa shape index (κ1) is 14.5. The maximum absolute atomic E-state index is 13.7. The van der Waals surface area contributed by atoms with Crippen LogP contribution in [0.15, 0.2) is 18.3 Å². The van der Waals surface area contributed by atoms with Crippen LogP contribution in [0.25, 0.3) is 5.69 Å². The molecule has 0 amide bonds. The molecule has 108 valence electrons. The number of anilines is 1. The first-order chi connectivity index (χ1) is 9.90. The zero-order valence-electron chi connectivity index (χ0n) is 11.3. The van der Waals surface area contributed by atoms with Gasteiger partial charge < -0.3 is 15.0 Å². The van der Waals surface area contributed by atoms with Crippen LogP contribution in [0.4, 0.5) is 14.5 Å². The van der Waals surface area contributed by atoms with Crippen molar-refractivity contribution in [1.29, 1.82) is 5.26 Å². The van der Waals surface area contributed by atoms with E-state index in [1.807, 2.05) is 6.07 Å². The molecule has 0 aliphatic carbocycles. The minimum absolute atomic E-state index is 0.0134. The van der Waals surface area contributed by atoms with Crippen molar-refractivity contribution in [3.05, 3.63) is 46.8 Å². The van der Waals surface area contributed by atoms with Gasteiger partial charge in [0, 0.05) is 17.8 Å². The summed E-state index contributed by atoms with van der Waals surface area (Å²) in [4.78, 5) is 11.8. The number of nitriles is 1. The minimum Gasteiger partial charge on any atom is -0.464 e. The highest BCUT2D eigenvalue weighted by molar-refractivity contribution is 5.96. The Morgan fingerprint density at radius 3 is 2.67 bits per heavy atom. The van der Waals surface area contributed by atoms with Crippen LogP contribution < -0.4 is 5.73 Å². The van der Waals surface area contributed by atoms with Crippen LogP contribution in [0, 0.1) is 29.9 Å². The molecule has 0 atom stereocenters. The summed E-state index contributed by atoms with van der Waals surface area (Å²) in [6.45, 7) is 1.42. The minimum atomic E-state index is -0.810. The third-order valence-electron chi connectivity index (χ3n) is 3.08. The molecule has 1 aromatic heterocycles. The van der Waals surface area contributed by atoms with Gasteiger partial charge in [-0.3, -0.25) is 0 Å². The molecule has 1 aromatic carbocycles. The van der Waals surface area contributed by atoms with E-state index in [1.165, 1.54) is 13.1 Å². The number of benzene rings is 1. The van der Waals surface area contributed by atoms with E-state index in [-0.39, 0.29) is 28.2 Å². The number of nitrogens with zero attached hydrogens (tertiary/aromatic N) is 2. The topological polar surface area (TPSA) is 81.0 Å². The lowest BCUT2D eigenvalue weighted by atomic mass is 10.1. The quantitative estimate of drug-likeness (QED) is 0.861. The monoisotopic (exact) mass is 291 g/mol. The lowest BCUT2D eigenvalue weighted by Crippen LogP contribution is -2.12. The lowest BCUT2D eigenvalue weighted by molar-refractivity contribution is 0.0593. The van der Waals surface area contributed by atoms with Gasteiger partial charge in [-0.2, -0.15) is 5.26 Å². The first-order valence-corrected chi connectivity index (χ1v) is 5.86. The third-order valence-corrected chi connectivity index (χ3v) is 3.08. The van der Waals surface area contributed by atoms with Crippen LogP contribution in [0.2, 0.25) is 0 Å². The predicted octanol–water partition coefficient (Wildman–Crippen LogP) is 2.30. The molecule has 1 heterocycles. The average molecular weight is 291 g/mol. The molecule has 0 fully saturated rings. The molecular weight excluding hydrogens is 280 g/mol. The molecular formula is C14H11F2N3O2. The normalized spacial score (nSPS) is 10.2. The molecule has 0 aliphatic rings. The van der Waals surface area contributed by atoms with E-state index >= 15 is 0 Å². The van der Waals surface area contributed by atoms with Crippen molar-refractivity contribution in [1.82, 2.24) is 4.57 Å². The van der Waals surface area contributed by atoms with Crippen molar-refractivity contribution in [3.63, 3.8) is 0 Å². The molecule has 0 unspecified atom stereocenters. The molecule has 2 aromatic rings. The van der Waals surface area contributed by atoms with Gasteiger partial charge >= 0.3 is 5.97 Å². The molecule has 0 saturated heterocycles. The standard InChI is InChI=1S/C14H11F2N3O2/c1-7-10(16)3-9(15)4-11(7)19-6-8(5-17)12(18)13(19)14(20)21-2/h3-4,6H,18H2,1-2H3. The number of carbonyl (C=O) groups is 1. The molecule has 21 heavy (non-hydrogen) atoms. The second-order valence-corrected chi connectivity index (χ2v) is 4.31. The molecule has 5 nitrogen and oxygen atoms in total. The lowest BCUT2D eigenvalue weighted by Gasteiger charge is -2.12. The molecule has 2 N–H and O–H groups in total. The largest absolute Gasteiger partial charge is 0.464 e. The van der Waals surface area contributed by atoms with Gasteiger partial charge in [0.2, 0.25) is 0 Å². The van der Waals surface area contributed by atoms with Crippen LogP contribution in [-0.2, 0) is 4.74 Å². The maximum atomic E-state index is 13.7. The van der Waals surface area contributed by atoms with Crippen LogP contribution in [0.1, 0.15) is 21.6 Å². The number of carbonyl (C=O) groups excluding carboxylic acids is 1. The summed E-state index contributed by atoms with van der Waals surface area (Å²) in [6.07, 6.45) is 1.24. The Morgan fingerprint density at radius 1 is 1.43 bits per heavy atom. The maximum Gasteiger partial charge on any atom is 0.357 e. The van der Waals surface area contributed by atoms with Gasteiger partial charge in [0.25, 0.3) is 0 Å². The number of nitrogen functional groups attached to an aromatic ring is 1. The van der Waals surface area contributed by atoms with Gasteiger partial charge in [0.05, 0.1) is 24.0 Å². The Labute approximate surface area is 119 Å². The summed E-state index contributed by atoms with van der Waals surface area (Å²) < 4.78 is 32.9. The van der Waals surface area contributed by atoms with E-state index in [0.717, 1.165) is 23.8 Å². The Balaban J connectivity index is 2.82. The van der Waals surface area contributed by atoms with Crippen LogP contribution >= 0.6 is 0 Å². The van der Waals surface area contributed by atoms with Gasteiger partial charge in [-0.05, 0) is 13.0 Å². The van der Waals surface area contributed by atoms with E-state index in [9.17, 15) is 13.6 Å². The summed E-state index contributed by atoms with van der Waals surface area (Å²) in [5.74, 6) is -2.39. The highest BCUT2D eigenvalue weighted by Crippen LogP contribution is 2.27. The number of hydrogen-bond acceptors (Lipinski definition) is 4. The van der Waals surface area contributed by atoms with Gasteiger partial charge in [-0.1, -0.05) is 0 Å². The Kier molecular flexibility index (Phi) is 3.63. The van der Waals surface area contributed by atoms with E-state index in [2.05, 4.69) is 4.74 Å². The smallest absolute Gasteiger partial charge is 0.357 e. The Bertz CT molecular complexity index is 776. The highest BCUT2D eigenvalue weighted by Gasteiger charge is 2.23. The number of halogens is 2. The summed E-state index contributed by atoms with van der Waals surface area (Å²) in [7, 11) is 1.14. The van der Waals surface area contributed by atoms with Crippen LogP contribution in [0.5, 0.6) is 0 Å². The van der Waals surface area contributed by atoms with Crippen LogP contribution in [0.3, 0.4) is 0 Å². The highest BCUT2D eigenvalue weighted by atomic mass is 19.1. The molecule has 2 rings (SSSR count). The zero-order chi connectivity index (χ0) is 15.7. The number of rotatable bonds is 2. The molecule has 0 spiro atoms. The molecule has 0 saturated carbocycles. The number of aromatic nitrogens is 1. The fraction of sp³-hybridized carbons (Fsp3) is 0.143. The van der Waals surface area contributed by atoms with Crippen LogP contribution in [-0.4, -0.2) is 17.6 Å².